The van der Waals surface area contributed by atoms with Gasteiger partial charge >= 0.3 is 5.97 Å². The molecule has 1 aromatic carbocycles. The molecule has 1 amide bonds. The summed E-state index contributed by atoms with van der Waals surface area (Å²) in [4.78, 5) is 25.5. The molecule has 6 atom stereocenters. The number of benzene rings is 1. The molecule has 0 aromatic heterocycles. The fraction of sp³-hybridized carbons (Fsp3) is 0.667. The molecule has 7 nitrogen and oxygen atoms in total. The summed E-state index contributed by atoms with van der Waals surface area (Å²) in [6.45, 7) is 3.06. The number of carbonyl (C=O) groups is 2. The predicted octanol–water partition coefficient (Wildman–Crippen LogP) is 2.78. The van der Waals surface area contributed by atoms with Crippen LogP contribution < -0.4 is 11.1 Å². The first kappa shape index (κ1) is 27.9. The third kappa shape index (κ3) is 8.72. The van der Waals surface area contributed by atoms with Crippen molar-refractivity contribution in [3.63, 3.8) is 0 Å². The number of hydrogen-bond donors (Lipinski definition) is 3. The van der Waals surface area contributed by atoms with Crippen LogP contribution in [0.1, 0.15) is 44.6 Å². The van der Waals surface area contributed by atoms with Crippen LogP contribution in [0.2, 0.25) is 0 Å². The Labute approximate surface area is 206 Å². The van der Waals surface area contributed by atoms with Crippen LogP contribution in [0.5, 0.6) is 0 Å². The van der Waals surface area contributed by atoms with Gasteiger partial charge in [0, 0.05) is 13.0 Å². The van der Waals surface area contributed by atoms with Crippen molar-refractivity contribution in [3.8, 4) is 0 Å². The fourth-order valence-electron chi connectivity index (χ4n) is 3.97. The van der Waals surface area contributed by atoms with E-state index in [1.807, 2.05) is 30.3 Å². The minimum atomic E-state index is -1.15. The molecule has 1 fully saturated rings. The summed E-state index contributed by atoms with van der Waals surface area (Å²) in [6.07, 6.45) is 2.62. The van der Waals surface area contributed by atoms with Crippen LogP contribution in [0.25, 0.3) is 0 Å². The molecule has 5 unspecified atom stereocenters. The predicted molar refractivity (Wildman–Crippen MR) is 129 cm³/mol. The topological polar surface area (TPSA) is 111 Å². The number of aliphatic hydroxyl groups is 1. The number of halogens is 2. The molecule has 0 bridgehead atoms. The van der Waals surface area contributed by atoms with Gasteiger partial charge in [0.2, 0.25) is 5.91 Å². The van der Waals surface area contributed by atoms with Crippen molar-refractivity contribution >= 4 is 35.1 Å². The van der Waals surface area contributed by atoms with Gasteiger partial charge in [-0.2, -0.15) is 0 Å². The summed E-state index contributed by atoms with van der Waals surface area (Å²) in [5.74, 6) is -1.86. The average molecular weight is 503 g/mol. The average Bonchev–Trinajstić information content (AvgIpc) is 2.80. The number of nitrogens with two attached hydrogens (primary N) is 1. The van der Waals surface area contributed by atoms with E-state index < -0.39 is 46.8 Å². The molecule has 0 radical (unpaired) electrons. The molecule has 1 aliphatic rings. The maximum Gasteiger partial charge on any atom is 0.328 e. The molecule has 1 aromatic rings. The first-order valence-electron chi connectivity index (χ1n) is 11.7. The van der Waals surface area contributed by atoms with Gasteiger partial charge in [-0.1, -0.05) is 43.2 Å². The molecule has 4 N–H and O–H groups in total. The van der Waals surface area contributed by atoms with E-state index in [1.54, 1.807) is 6.92 Å². The lowest BCUT2D eigenvalue weighted by Gasteiger charge is -2.39. The Bertz CT molecular complexity index is 724. The van der Waals surface area contributed by atoms with Gasteiger partial charge in [0.25, 0.3) is 0 Å². The molecule has 1 saturated carbocycles. The maximum absolute atomic E-state index is 13.0. The molecule has 186 valence electrons. The molecule has 1 aliphatic carbocycles. The molecule has 0 spiro atoms. The minimum Gasteiger partial charge on any atom is -0.464 e. The Morgan fingerprint density at radius 2 is 1.88 bits per heavy atom. The fourth-order valence-corrected chi connectivity index (χ4v) is 4.89. The van der Waals surface area contributed by atoms with Gasteiger partial charge < -0.3 is 25.6 Å². The number of rotatable bonds is 13. The molecular formula is C24H36Cl2N2O5. The second kappa shape index (κ2) is 14.8. The zero-order valence-corrected chi connectivity index (χ0v) is 20.6. The third-order valence-electron chi connectivity index (χ3n) is 5.80. The van der Waals surface area contributed by atoms with Crippen LogP contribution in [0.15, 0.2) is 30.3 Å². The number of unbranched alkanes of at least 4 members (excludes halogenated alkanes) is 3. The van der Waals surface area contributed by atoms with Crippen LogP contribution in [-0.2, 0) is 25.5 Å². The highest BCUT2D eigenvalue weighted by Gasteiger charge is 2.46. The summed E-state index contributed by atoms with van der Waals surface area (Å²) in [6, 6.07) is 8.46. The Kier molecular flexibility index (Phi) is 12.5. The highest BCUT2D eigenvalue weighted by molar-refractivity contribution is 6.25. The summed E-state index contributed by atoms with van der Waals surface area (Å²) >= 11 is 13.0. The van der Waals surface area contributed by atoms with Crippen molar-refractivity contribution < 1.29 is 24.2 Å². The normalized spacial score (nSPS) is 25.9. The molecule has 9 heteroatoms. The Hall–Kier alpha value is -1.38. The van der Waals surface area contributed by atoms with E-state index >= 15 is 0 Å². The van der Waals surface area contributed by atoms with Crippen LogP contribution >= 0.6 is 23.2 Å². The van der Waals surface area contributed by atoms with Gasteiger partial charge in [-0.15, -0.1) is 23.2 Å². The number of esters is 1. The Morgan fingerprint density at radius 3 is 2.55 bits per heavy atom. The highest BCUT2D eigenvalue weighted by atomic mass is 35.5. The zero-order valence-electron chi connectivity index (χ0n) is 19.1. The number of nitrogens with one attached hydrogen (secondary N) is 1. The van der Waals surface area contributed by atoms with Gasteiger partial charge in [-0.3, -0.25) is 4.79 Å². The molecule has 33 heavy (non-hydrogen) atoms. The molecule has 2 rings (SSSR count). The lowest BCUT2D eigenvalue weighted by molar-refractivity contribution is -0.149. The number of aliphatic hydroxyl groups excluding tert-OH is 1. The van der Waals surface area contributed by atoms with Gasteiger partial charge in [0.05, 0.1) is 35.5 Å². The summed E-state index contributed by atoms with van der Waals surface area (Å²) in [7, 11) is 0. The standard InChI is InChI=1S/C24H36Cl2N2O5/c1-2-32-24(31)19(14-16-10-6-5-7-11-16)28-23(30)17-15-18(25)22(20(26)21(17)29)33-13-9-4-3-8-12-27/h5-7,10-11,17-22,29H,2-4,8-9,12-15,27H2,1H3,(H,28,30)/t17?,18?,19-,20?,21?,22?/m1/s1. The Balaban J connectivity index is 1.96. The van der Waals surface area contributed by atoms with E-state index in [4.69, 9.17) is 38.4 Å². The lowest BCUT2D eigenvalue weighted by Crippen LogP contribution is -2.56. The number of alkyl halides is 2. The highest BCUT2D eigenvalue weighted by Crippen LogP contribution is 2.34. The number of amides is 1. The van der Waals surface area contributed by atoms with Gasteiger partial charge in [-0.05, 0) is 38.3 Å². The van der Waals surface area contributed by atoms with Crippen LogP contribution in [0, 0.1) is 5.92 Å². The minimum absolute atomic E-state index is 0.191. The Morgan fingerprint density at radius 1 is 1.18 bits per heavy atom. The monoisotopic (exact) mass is 502 g/mol. The van der Waals surface area contributed by atoms with Gasteiger partial charge in [0.15, 0.2) is 0 Å². The number of hydrogen-bond acceptors (Lipinski definition) is 6. The third-order valence-corrected chi connectivity index (χ3v) is 6.74. The van der Waals surface area contributed by atoms with E-state index in [9.17, 15) is 14.7 Å². The molecule has 0 heterocycles. The number of ether oxygens (including phenoxy) is 2. The van der Waals surface area contributed by atoms with Gasteiger partial charge in [0.1, 0.15) is 6.04 Å². The van der Waals surface area contributed by atoms with Crippen molar-refractivity contribution in [2.75, 3.05) is 19.8 Å². The smallest absolute Gasteiger partial charge is 0.328 e. The summed E-state index contributed by atoms with van der Waals surface area (Å²) in [5, 5.41) is 12.1. The zero-order chi connectivity index (χ0) is 24.2. The lowest BCUT2D eigenvalue weighted by atomic mass is 9.83. The summed E-state index contributed by atoms with van der Waals surface area (Å²) in [5.41, 5.74) is 6.38. The molecule has 0 aliphatic heterocycles. The van der Waals surface area contributed by atoms with Crippen LogP contribution in [-0.4, -0.2) is 65.7 Å². The molecular weight excluding hydrogens is 467 g/mol. The van der Waals surface area contributed by atoms with E-state index in [1.165, 1.54) is 0 Å². The van der Waals surface area contributed by atoms with Crippen LogP contribution in [0.4, 0.5) is 0 Å². The quantitative estimate of drug-likeness (QED) is 0.217. The van der Waals surface area contributed by atoms with Crippen molar-refractivity contribution in [2.45, 2.75) is 74.5 Å². The maximum atomic E-state index is 13.0. The van der Waals surface area contributed by atoms with Gasteiger partial charge in [-0.25, -0.2) is 4.79 Å². The second-order valence-electron chi connectivity index (χ2n) is 8.33. The molecule has 0 saturated heterocycles. The van der Waals surface area contributed by atoms with Crippen molar-refractivity contribution in [1.82, 2.24) is 5.32 Å². The number of carbonyl (C=O) groups excluding carboxylic acids is 2. The van der Waals surface area contributed by atoms with Crippen LogP contribution in [0.3, 0.4) is 0 Å². The van der Waals surface area contributed by atoms with E-state index in [0.717, 1.165) is 31.2 Å². The SMILES string of the molecule is CCOC(=O)[C@@H](Cc1ccccc1)NC(=O)C1CC(Cl)C(OCCCCCCN)C(Cl)C1O. The van der Waals surface area contributed by atoms with Crippen molar-refractivity contribution in [1.29, 1.82) is 0 Å². The van der Waals surface area contributed by atoms with Crippen molar-refractivity contribution in [3.05, 3.63) is 35.9 Å². The largest absolute Gasteiger partial charge is 0.464 e. The summed E-state index contributed by atoms with van der Waals surface area (Å²) < 4.78 is 11.0. The van der Waals surface area contributed by atoms with E-state index in [0.29, 0.717) is 13.2 Å². The second-order valence-corrected chi connectivity index (χ2v) is 9.40. The van der Waals surface area contributed by atoms with Crippen molar-refractivity contribution in [2.24, 2.45) is 11.7 Å². The van der Waals surface area contributed by atoms with E-state index in [2.05, 4.69) is 5.32 Å². The first-order chi connectivity index (χ1) is 15.9. The first-order valence-corrected chi connectivity index (χ1v) is 12.5. The van der Waals surface area contributed by atoms with E-state index in [-0.39, 0.29) is 19.4 Å².